The number of phosphoric acid groups is 1. The first-order valence-corrected chi connectivity index (χ1v) is 17.6. The smallest absolute Gasteiger partial charge is 0.481 e. The van der Waals surface area contributed by atoms with E-state index >= 15 is 0 Å². The highest BCUT2D eigenvalue weighted by Crippen LogP contribution is 2.53. The lowest BCUT2D eigenvalue weighted by Crippen LogP contribution is -2.41. The van der Waals surface area contributed by atoms with Gasteiger partial charge in [0.05, 0.1) is 19.6 Å². The summed E-state index contributed by atoms with van der Waals surface area (Å²) in [6, 6.07) is 3.53. The Morgan fingerprint density at radius 2 is 1.51 bits per heavy atom. The minimum atomic E-state index is -3.97. The van der Waals surface area contributed by atoms with E-state index in [0.29, 0.717) is 24.3 Å². The average Bonchev–Trinajstić information content (AvgIpc) is 2.68. The van der Waals surface area contributed by atoms with Gasteiger partial charge in [0.2, 0.25) is 0 Å². The molecule has 37 heavy (non-hydrogen) atoms. The first-order chi connectivity index (χ1) is 16.7. The van der Waals surface area contributed by atoms with Gasteiger partial charge in [-0.05, 0) is 65.9 Å². The molecule has 0 heterocycles. The van der Waals surface area contributed by atoms with E-state index in [0.717, 1.165) is 11.1 Å². The lowest BCUT2D eigenvalue weighted by atomic mass is 9.78. The summed E-state index contributed by atoms with van der Waals surface area (Å²) >= 11 is 0. The number of carbonyl (C=O) groups is 1. The molecule has 0 aliphatic heterocycles. The number of hydrogen-bond acceptors (Lipinski definition) is 6. The van der Waals surface area contributed by atoms with E-state index < -0.39 is 27.5 Å². The Morgan fingerprint density at radius 3 is 1.95 bits per heavy atom. The van der Waals surface area contributed by atoms with Crippen LogP contribution in [0.4, 0.5) is 0 Å². The van der Waals surface area contributed by atoms with E-state index in [4.69, 9.17) is 18.0 Å². The quantitative estimate of drug-likeness (QED) is 0.172. The molecule has 0 radical (unpaired) electrons. The van der Waals surface area contributed by atoms with Gasteiger partial charge in [-0.25, -0.2) is 4.57 Å². The topological polar surface area (TPSA) is 91.3 Å². The summed E-state index contributed by atoms with van der Waals surface area (Å²) < 4.78 is 37.8. The Bertz CT molecular complexity index is 933. The van der Waals surface area contributed by atoms with Crippen LogP contribution < -0.4 is 4.52 Å². The highest BCUT2D eigenvalue weighted by atomic mass is 31.2. The van der Waals surface area contributed by atoms with Crippen LogP contribution in [0.1, 0.15) is 85.4 Å². The summed E-state index contributed by atoms with van der Waals surface area (Å²) in [6.45, 7) is 26.1. The van der Waals surface area contributed by atoms with Crippen LogP contribution in [0.2, 0.25) is 18.1 Å². The molecule has 0 spiro atoms. The van der Waals surface area contributed by atoms with Crippen LogP contribution in [0.5, 0.6) is 5.75 Å². The fraction of sp³-hybridized carbons (Fsp3) is 0.750. The third-order valence-electron chi connectivity index (χ3n) is 6.73. The maximum atomic E-state index is 13.8. The van der Waals surface area contributed by atoms with Crippen LogP contribution in [0.25, 0.3) is 0 Å². The zero-order valence-corrected chi connectivity index (χ0v) is 27.1. The van der Waals surface area contributed by atoms with E-state index in [1.54, 1.807) is 6.07 Å². The largest absolute Gasteiger partial charge is 0.530 e. The highest BCUT2D eigenvalue weighted by molar-refractivity contribution is 7.48. The third kappa shape index (κ3) is 10.8. The zero-order valence-electron chi connectivity index (χ0n) is 25.2. The molecule has 0 aromatic heterocycles. The van der Waals surface area contributed by atoms with Gasteiger partial charge in [-0.2, -0.15) is 0 Å². The Kier molecular flexibility index (Phi) is 12.1. The molecular formula is C28H51O7PSi. The van der Waals surface area contributed by atoms with Gasteiger partial charge in [0.1, 0.15) is 5.75 Å². The van der Waals surface area contributed by atoms with Crippen molar-refractivity contribution in [3.05, 3.63) is 28.8 Å². The normalized spacial score (nSPS) is 13.5. The number of aryl methyl sites for hydroxylation is 1. The molecule has 0 fully saturated rings. The summed E-state index contributed by atoms with van der Waals surface area (Å²) in [5.41, 5.74) is 1.87. The third-order valence-corrected chi connectivity index (χ3v) is 12.6. The van der Waals surface area contributed by atoms with Crippen molar-refractivity contribution in [2.75, 3.05) is 19.8 Å². The standard InChI is InChI=1S/C28H51O7PSi/c1-20(2)18-32-36(31,33-19-21(3)4)35-24-16-23(17-25(29)30)15-22(5)26(24)28(9,10)13-14-34-37(11,12)27(6,7)8/h15-16,20-21H,13-14,17-19H2,1-12H3,(H,29,30). The first kappa shape index (κ1) is 33.8. The van der Waals surface area contributed by atoms with Crippen LogP contribution in [-0.4, -0.2) is 39.2 Å². The zero-order chi connectivity index (χ0) is 28.8. The second-order valence-electron chi connectivity index (χ2n) is 13.0. The first-order valence-electron chi connectivity index (χ1n) is 13.3. The lowest BCUT2D eigenvalue weighted by molar-refractivity contribution is -0.136. The van der Waals surface area contributed by atoms with E-state index in [9.17, 15) is 14.5 Å². The Hall–Kier alpha value is -1.18. The van der Waals surface area contributed by atoms with Gasteiger partial charge in [0.25, 0.3) is 0 Å². The monoisotopic (exact) mass is 558 g/mol. The molecule has 1 rings (SSSR count). The predicted molar refractivity (Wildman–Crippen MR) is 153 cm³/mol. The highest BCUT2D eigenvalue weighted by Gasteiger charge is 2.38. The Labute approximate surface area is 226 Å². The van der Waals surface area contributed by atoms with Crippen molar-refractivity contribution in [2.24, 2.45) is 11.8 Å². The molecule has 0 aliphatic carbocycles. The van der Waals surface area contributed by atoms with Crippen LogP contribution in [-0.2, 0) is 34.7 Å². The molecule has 0 aliphatic rings. The average molecular weight is 559 g/mol. The van der Waals surface area contributed by atoms with Crippen molar-refractivity contribution < 1.29 is 32.5 Å². The van der Waals surface area contributed by atoms with Gasteiger partial charge >= 0.3 is 13.8 Å². The molecule has 0 atom stereocenters. The molecule has 0 unspecified atom stereocenters. The maximum Gasteiger partial charge on any atom is 0.530 e. The van der Waals surface area contributed by atoms with Gasteiger partial charge in [-0.3, -0.25) is 13.8 Å². The molecule has 1 N–H and O–H groups in total. The fourth-order valence-corrected chi connectivity index (χ4v) is 6.21. The number of aliphatic carboxylic acids is 1. The van der Waals surface area contributed by atoms with E-state index in [-0.39, 0.29) is 36.5 Å². The van der Waals surface area contributed by atoms with Crippen LogP contribution in [0.3, 0.4) is 0 Å². The number of benzene rings is 1. The Balaban J connectivity index is 3.46. The van der Waals surface area contributed by atoms with Crippen molar-refractivity contribution in [1.82, 2.24) is 0 Å². The van der Waals surface area contributed by atoms with Crippen molar-refractivity contribution in [1.29, 1.82) is 0 Å². The molecule has 0 amide bonds. The van der Waals surface area contributed by atoms with Crippen molar-refractivity contribution in [3.63, 3.8) is 0 Å². The second-order valence-corrected chi connectivity index (χ2v) is 19.4. The minimum absolute atomic E-state index is 0.105. The van der Waals surface area contributed by atoms with Crippen LogP contribution in [0.15, 0.2) is 12.1 Å². The van der Waals surface area contributed by atoms with E-state index in [1.165, 1.54) is 0 Å². The molecule has 0 saturated heterocycles. The summed E-state index contributed by atoms with van der Waals surface area (Å²) in [6.07, 6.45) is 0.537. The van der Waals surface area contributed by atoms with Gasteiger partial charge in [0, 0.05) is 12.2 Å². The van der Waals surface area contributed by atoms with Crippen LogP contribution >= 0.6 is 7.82 Å². The predicted octanol–water partition coefficient (Wildman–Crippen LogP) is 8.14. The number of carboxylic acid groups (broad SMARTS) is 1. The number of hydrogen-bond donors (Lipinski definition) is 1. The molecular weight excluding hydrogens is 507 g/mol. The minimum Gasteiger partial charge on any atom is -0.481 e. The molecule has 9 heteroatoms. The molecule has 0 saturated carbocycles. The van der Waals surface area contributed by atoms with E-state index in [1.807, 2.05) is 40.7 Å². The summed E-state index contributed by atoms with van der Waals surface area (Å²) in [7, 11) is -5.89. The molecule has 1 aromatic rings. The summed E-state index contributed by atoms with van der Waals surface area (Å²) in [4.78, 5) is 11.5. The molecule has 1 aromatic carbocycles. The van der Waals surface area contributed by atoms with Gasteiger partial charge in [0.15, 0.2) is 8.32 Å². The van der Waals surface area contributed by atoms with Crippen LogP contribution in [0, 0.1) is 18.8 Å². The van der Waals surface area contributed by atoms with E-state index in [2.05, 4.69) is 47.7 Å². The summed E-state index contributed by atoms with van der Waals surface area (Å²) in [5.74, 6) is -0.356. The second kappa shape index (κ2) is 13.3. The molecule has 214 valence electrons. The van der Waals surface area contributed by atoms with Gasteiger partial charge in [-0.1, -0.05) is 68.4 Å². The van der Waals surface area contributed by atoms with Crippen molar-refractivity contribution >= 4 is 22.1 Å². The van der Waals surface area contributed by atoms with Gasteiger partial charge < -0.3 is 14.1 Å². The molecule has 7 nitrogen and oxygen atoms in total. The molecule has 0 bridgehead atoms. The SMILES string of the molecule is Cc1cc(CC(=O)O)cc(OP(=O)(OCC(C)C)OCC(C)C)c1C(C)(C)CCO[Si](C)(C)C(C)(C)C. The lowest BCUT2D eigenvalue weighted by Gasteiger charge is -2.38. The fourth-order valence-electron chi connectivity index (χ4n) is 3.64. The number of phosphoric ester groups is 1. The van der Waals surface area contributed by atoms with Gasteiger partial charge in [-0.15, -0.1) is 0 Å². The number of rotatable bonds is 15. The number of carboxylic acids is 1. The van der Waals surface area contributed by atoms with Crippen molar-refractivity contribution in [3.8, 4) is 5.75 Å². The maximum absolute atomic E-state index is 13.8. The van der Waals surface area contributed by atoms with Crippen molar-refractivity contribution in [2.45, 2.75) is 106 Å². The Morgan fingerprint density at radius 1 is 1.00 bits per heavy atom. The summed E-state index contributed by atoms with van der Waals surface area (Å²) in [5, 5.41) is 9.51.